The molecule has 2 aromatic heterocycles. The SMILES string of the molecule is Cl.O=c1oc2ccccc2c2c1nnn2C1CCN(Cc2ccccc2)CC1. The summed E-state index contributed by atoms with van der Waals surface area (Å²) in [6, 6.07) is 18.4. The van der Waals surface area contributed by atoms with Crippen molar-refractivity contribution in [1.82, 2.24) is 19.9 Å². The average molecular weight is 397 g/mol. The molecule has 4 aromatic rings. The Hall–Kier alpha value is -2.70. The fourth-order valence-corrected chi connectivity index (χ4v) is 4.00. The molecule has 0 radical (unpaired) electrons. The van der Waals surface area contributed by atoms with Gasteiger partial charge in [-0.25, -0.2) is 9.48 Å². The lowest BCUT2D eigenvalue weighted by Crippen LogP contribution is -2.34. The van der Waals surface area contributed by atoms with Gasteiger partial charge in [-0.15, -0.1) is 17.5 Å². The van der Waals surface area contributed by atoms with Crippen LogP contribution in [-0.4, -0.2) is 33.0 Å². The molecule has 144 valence electrons. The van der Waals surface area contributed by atoms with Crippen molar-refractivity contribution in [2.24, 2.45) is 0 Å². The van der Waals surface area contributed by atoms with Crippen molar-refractivity contribution in [2.75, 3.05) is 13.1 Å². The van der Waals surface area contributed by atoms with Gasteiger partial charge in [0.2, 0.25) is 0 Å². The minimum absolute atomic E-state index is 0. The zero-order valence-electron chi connectivity index (χ0n) is 15.3. The van der Waals surface area contributed by atoms with Gasteiger partial charge >= 0.3 is 5.63 Å². The molecule has 0 spiro atoms. The monoisotopic (exact) mass is 396 g/mol. The van der Waals surface area contributed by atoms with E-state index in [0.29, 0.717) is 11.1 Å². The van der Waals surface area contributed by atoms with E-state index in [1.807, 2.05) is 35.0 Å². The van der Waals surface area contributed by atoms with Crippen molar-refractivity contribution in [1.29, 1.82) is 0 Å². The van der Waals surface area contributed by atoms with Crippen molar-refractivity contribution in [2.45, 2.75) is 25.4 Å². The Labute approximate surface area is 168 Å². The fourth-order valence-electron chi connectivity index (χ4n) is 4.00. The first-order valence-corrected chi connectivity index (χ1v) is 9.32. The number of aromatic nitrogens is 3. The van der Waals surface area contributed by atoms with Crippen LogP contribution in [-0.2, 0) is 6.54 Å². The van der Waals surface area contributed by atoms with Crippen molar-refractivity contribution in [3.63, 3.8) is 0 Å². The first kappa shape index (κ1) is 18.7. The Morgan fingerprint density at radius 2 is 1.71 bits per heavy atom. The number of hydrogen-bond donors (Lipinski definition) is 0. The molecule has 6 nitrogen and oxygen atoms in total. The zero-order valence-corrected chi connectivity index (χ0v) is 16.1. The van der Waals surface area contributed by atoms with Crippen molar-refractivity contribution >= 4 is 34.4 Å². The molecule has 0 N–H and O–H groups in total. The second-order valence-electron chi connectivity index (χ2n) is 7.11. The van der Waals surface area contributed by atoms with Gasteiger partial charge in [-0.1, -0.05) is 47.7 Å². The fraction of sp³-hybridized carbons (Fsp3) is 0.286. The van der Waals surface area contributed by atoms with Crippen LogP contribution in [0.15, 0.2) is 63.8 Å². The van der Waals surface area contributed by atoms with Crippen LogP contribution in [0.1, 0.15) is 24.4 Å². The molecule has 1 aliphatic heterocycles. The van der Waals surface area contributed by atoms with E-state index in [-0.39, 0.29) is 18.4 Å². The summed E-state index contributed by atoms with van der Waals surface area (Å²) >= 11 is 0. The van der Waals surface area contributed by atoms with E-state index in [9.17, 15) is 4.79 Å². The van der Waals surface area contributed by atoms with Crippen LogP contribution in [0.4, 0.5) is 0 Å². The normalized spacial score (nSPS) is 15.7. The lowest BCUT2D eigenvalue weighted by Gasteiger charge is -2.32. The minimum atomic E-state index is -0.420. The summed E-state index contributed by atoms with van der Waals surface area (Å²) < 4.78 is 7.32. The highest BCUT2D eigenvalue weighted by molar-refractivity contribution is 6.00. The van der Waals surface area contributed by atoms with Crippen LogP contribution < -0.4 is 5.63 Å². The number of piperidine rings is 1. The van der Waals surface area contributed by atoms with Crippen LogP contribution in [0.2, 0.25) is 0 Å². The quantitative estimate of drug-likeness (QED) is 0.493. The smallest absolute Gasteiger partial charge is 0.366 e. The largest absolute Gasteiger partial charge is 0.421 e. The number of hydrogen-bond acceptors (Lipinski definition) is 5. The summed E-state index contributed by atoms with van der Waals surface area (Å²) in [6.45, 7) is 2.97. The van der Waals surface area contributed by atoms with Gasteiger partial charge in [0.1, 0.15) is 11.1 Å². The predicted molar refractivity (Wildman–Crippen MR) is 111 cm³/mol. The number of nitrogens with zero attached hydrogens (tertiary/aromatic N) is 4. The summed E-state index contributed by atoms with van der Waals surface area (Å²) in [5, 5.41) is 9.34. The molecular weight excluding hydrogens is 376 g/mol. The lowest BCUT2D eigenvalue weighted by molar-refractivity contribution is 0.174. The molecule has 5 rings (SSSR count). The lowest BCUT2D eigenvalue weighted by atomic mass is 10.0. The second kappa shape index (κ2) is 7.73. The molecule has 0 saturated carbocycles. The number of para-hydroxylation sites is 1. The molecule has 28 heavy (non-hydrogen) atoms. The van der Waals surface area contributed by atoms with Gasteiger partial charge in [0.25, 0.3) is 0 Å². The van der Waals surface area contributed by atoms with E-state index >= 15 is 0 Å². The Morgan fingerprint density at radius 1 is 1.00 bits per heavy atom. The number of halogens is 1. The third-order valence-corrected chi connectivity index (χ3v) is 5.38. The molecular formula is C21H21ClN4O2. The standard InChI is InChI=1S/C21H20N4O2.ClH/c26-21-19-20(17-8-4-5-9-18(17)27-21)25(23-22-19)16-10-12-24(13-11-16)14-15-6-2-1-3-7-15;/h1-9,16H,10-14H2;1H. The maximum absolute atomic E-state index is 12.3. The molecule has 1 saturated heterocycles. The first-order valence-electron chi connectivity index (χ1n) is 9.32. The van der Waals surface area contributed by atoms with Crippen molar-refractivity contribution in [3.8, 4) is 0 Å². The molecule has 1 fully saturated rings. The molecule has 2 aromatic carbocycles. The highest BCUT2D eigenvalue weighted by atomic mass is 35.5. The van der Waals surface area contributed by atoms with Gasteiger partial charge in [-0.2, -0.15) is 0 Å². The molecule has 3 heterocycles. The van der Waals surface area contributed by atoms with Gasteiger partial charge in [0, 0.05) is 25.0 Å². The van der Waals surface area contributed by atoms with E-state index in [4.69, 9.17) is 4.42 Å². The van der Waals surface area contributed by atoms with Gasteiger partial charge in [-0.05, 0) is 30.5 Å². The highest BCUT2D eigenvalue weighted by Gasteiger charge is 2.25. The van der Waals surface area contributed by atoms with Gasteiger partial charge in [0.15, 0.2) is 5.52 Å². The van der Waals surface area contributed by atoms with Crippen LogP contribution in [0.5, 0.6) is 0 Å². The van der Waals surface area contributed by atoms with Crippen LogP contribution in [0.25, 0.3) is 22.0 Å². The summed E-state index contributed by atoms with van der Waals surface area (Å²) in [5.41, 5.74) is 2.62. The Morgan fingerprint density at radius 3 is 2.50 bits per heavy atom. The highest BCUT2D eigenvalue weighted by Crippen LogP contribution is 2.29. The van der Waals surface area contributed by atoms with Gasteiger partial charge in [0.05, 0.1) is 6.04 Å². The molecule has 0 unspecified atom stereocenters. The number of fused-ring (bicyclic) bond motifs is 3. The van der Waals surface area contributed by atoms with Crippen LogP contribution >= 0.6 is 12.4 Å². The number of benzene rings is 2. The predicted octanol–water partition coefficient (Wildman–Crippen LogP) is 3.80. The third kappa shape index (κ3) is 3.30. The zero-order chi connectivity index (χ0) is 18.2. The minimum Gasteiger partial charge on any atom is -0.421 e. The molecule has 0 bridgehead atoms. The summed E-state index contributed by atoms with van der Waals surface area (Å²) in [4.78, 5) is 14.7. The Balaban J connectivity index is 0.00000192. The van der Waals surface area contributed by atoms with Crippen molar-refractivity contribution < 1.29 is 4.42 Å². The summed E-state index contributed by atoms with van der Waals surface area (Å²) in [7, 11) is 0. The van der Waals surface area contributed by atoms with E-state index in [0.717, 1.165) is 43.4 Å². The first-order chi connectivity index (χ1) is 13.3. The third-order valence-electron chi connectivity index (χ3n) is 5.38. The van der Waals surface area contributed by atoms with E-state index in [2.05, 4.69) is 39.5 Å². The second-order valence-corrected chi connectivity index (χ2v) is 7.11. The molecule has 0 amide bonds. The van der Waals surface area contributed by atoms with Gasteiger partial charge in [-0.3, -0.25) is 4.90 Å². The summed E-state index contributed by atoms with van der Waals surface area (Å²) in [6.07, 6.45) is 1.97. The van der Waals surface area contributed by atoms with E-state index in [1.165, 1.54) is 5.56 Å². The molecule has 0 aliphatic carbocycles. The maximum atomic E-state index is 12.3. The Bertz CT molecular complexity index is 1150. The average Bonchev–Trinajstić information content (AvgIpc) is 3.16. The number of likely N-dealkylation sites (tertiary alicyclic amines) is 1. The van der Waals surface area contributed by atoms with Crippen LogP contribution in [0.3, 0.4) is 0 Å². The van der Waals surface area contributed by atoms with Crippen LogP contribution in [0, 0.1) is 0 Å². The molecule has 1 aliphatic rings. The molecule has 0 atom stereocenters. The topological polar surface area (TPSA) is 64.2 Å². The molecule has 7 heteroatoms. The maximum Gasteiger partial charge on any atom is 0.366 e. The van der Waals surface area contributed by atoms with Crippen molar-refractivity contribution in [3.05, 3.63) is 70.6 Å². The van der Waals surface area contributed by atoms with Gasteiger partial charge < -0.3 is 4.42 Å². The van der Waals surface area contributed by atoms with E-state index in [1.54, 1.807) is 0 Å². The summed E-state index contributed by atoms with van der Waals surface area (Å²) in [5.74, 6) is 0. The number of rotatable bonds is 3. The Kier molecular flexibility index (Phi) is 5.15. The van der Waals surface area contributed by atoms with E-state index < -0.39 is 5.63 Å².